The standard InChI is InChI=1S/C18H27FN2/c1-12-10-18(15(13(2)20)11-16(12)19)21-9-5-8-17(21)14-6-3-4-7-14/h10-11,13-14,17H,3-9,20H2,1-2H3/t13-,17?/m1/s1. The van der Waals surface area contributed by atoms with Crippen LogP contribution in [-0.4, -0.2) is 12.6 Å². The maximum Gasteiger partial charge on any atom is 0.126 e. The van der Waals surface area contributed by atoms with Crippen LogP contribution in [0.4, 0.5) is 10.1 Å². The van der Waals surface area contributed by atoms with Gasteiger partial charge in [0.1, 0.15) is 5.82 Å². The molecule has 1 unspecified atom stereocenters. The SMILES string of the molecule is Cc1cc(N2CCCC2C2CCCC2)c([C@@H](C)N)cc1F. The lowest BCUT2D eigenvalue weighted by molar-refractivity contribution is 0.430. The first kappa shape index (κ1) is 14.8. The van der Waals surface area contributed by atoms with Gasteiger partial charge in [0.25, 0.3) is 0 Å². The maximum absolute atomic E-state index is 13.9. The van der Waals surface area contributed by atoms with Gasteiger partial charge in [-0.15, -0.1) is 0 Å². The van der Waals surface area contributed by atoms with E-state index in [9.17, 15) is 4.39 Å². The van der Waals surface area contributed by atoms with E-state index < -0.39 is 0 Å². The zero-order chi connectivity index (χ0) is 15.0. The van der Waals surface area contributed by atoms with E-state index >= 15 is 0 Å². The van der Waals surface area contributed by atoms with Gasteiger partial charge >= 0.3 is 0 Å². The predicted octanol–water partition coefficient (Wildman–Crippen LogP) is 4.31. The molecular weight excluding hydrogens is 263 g/mol. The molecule has 3 heteroatoms. The summed E-state index contributed by atoms with van der Waals surface area (Å²) in [5.41, 5.74) is 8.97. The fourth-order valence-corrected chi connectivity index (χ4v) is 4.22. The van der Waals surface area contributed by atoms with Gasteiger partial charge < -0.3 is 10.6 Å². The van der Waals surface area contributed by atoms with Crippen LogP contribution in [-0.2, 0) is 0 Å². The molecule has 1 heterocycles. The van der Waals surface area contributed by atoms with Crippen LogP contribution in [0.2, 0.25) is 0 Å². The molecule has 116 valence electrons. The molecule has 0 radical (unpaired) electrons. The van der Waals surface area contributed by atoms with E-state index in [2.05, 4.69) is 4.90 Å². The molecule has 2 aliphatic rings. The van der Waals surface area contributed by atoms with Gasteiger partial charge in [-0.2, -0.15) is 0 Å². The van der Waals surface area contributed by atoms with Crippen molar-refractivity contribution in [2.75, 3.05) is 11.4 Å². The number of hydrogen-bond donors (Lipinski definition) is 1. The topological polar surface area (TPSA) is 29.3 Å². The van der Waals surface area contributed by atoms with Gasteiger partial charge in [-0.05, 0) is 68.7 Å². The van der Waals surface area contributed by atoms with Crippen molar-refractivity contribution in [2.24, 2.45) is 11.7 Å². The Morgan fingerprint density at radius 2 is 1.90 bits per heavy atom. The molecular formula is C18H27FN2. The largest absolute Gasteiger partial charge is 0.368 e. The van der Waals surface area contributed by atoms with Crippen molar-refractivity contribution in [2.45, 2.75) is 64.5 Å². The maximum atomic E-state index is 13.9. The van der Waals surface area contributed by atoms with Crippen molar-refractivity contribution in [3.63, 3.8) is 0 Å². The molecule has 1 saturated carbocycles. The van der Waals surface area contributed by atoms with Gasteiger partial charge in [0.2, 0.25) is 0 Å². The third-order valence-electron chi connectivity index (χ3n) is 5.35. The quantitative estimate of drug-likeness (QED) is 0.898. The second-order valence-electron chi connectivity index (χ2n) is 6.90. The summed E-state index contributed by atoms with van der Waals surface area (Å²) >= 11 is 0. The summed E-state index contributed by atoms with van der Waals surface area (Å²) < 4.78 is 13.9. The summed E-state index contributed by atoms with van der Waals surface area (Å²) in [5, 5.41) is 0. The highest BCUT2D eigenvalue weighted by Crippen LogP contribution is 2.40. The summed E-state index contributed by atoms with van der Waals surface area (Å²) in [4.78, 5) is 2.53. The summed E-state index contributed by atoms with van der Waals surface area (Å²) in [6.07, 6.45) is 7.98. The van der Waals surface area contributed by atoms with Gasteiger partial charge in [-0.1, -0.05) is 12.8 Å². The Bertz CT molecular complexity index is 506. The van der Waals surface area contributed by atoms with Crippen molar-refractivity contribution >= 4 is 5.69 Å². The Kier molecular flexibility index (Phi) is 4.21. The summed E-state index contributed by atoms with van der Waals surface area (Å²) in [5.74, 6) is 0.682. The van der Waals surface area contributed by atoms with Crippen LogP contribution in [0.15, 0.2) is 12.1 Å². The minimum Gasteiger partial charge on any atom is -0.368 e. The lowest BCUT2D eigenvalue weighted by atomic mass is 9.94. The highest BCUT2D eigenvalue weighted by Gasteiger charge is 2.34. The van der Waals surface area contributed by atoms with E-state index in [1.807, 2.05) is 19.9 Å². The average molecular weight is 290 g/mol. The lowest BCUT2D eigenvalue weighted by Crippen LogP contribution is -2.35. The van der Waals surface area contributed by atoms with Crippen LogP contribution in [0.3, 0.4) is 0 Å². The molecule has 0 bridgehead atoms. The normalized spacial score (nSPS) is 24.8. The Morgan fingerprint density at radius 3 is 2.57 bits per heavy atom. The van der Waals surface area contributed by atoms with Crippen LogP contribution in [0.5, 0.6) is 0 Å². The Balaban J connectivity index is 1.96. The molecule has 2 N–H and O–H groups in total. The molecule has 21 heavy (non-hydrogen) atoms. The zero-order valence-corrected chi connectivity index (χ0v) is 13.2. The third-order valence-corrected chi connectivity index (χ3v) is 5.35. The van der Waals surface area contributed by atoms with E-state index in [-0.39, 0.29) is 11.9 Å². The molecule has 1 aromatic carbocycles. The Labute approximate surface area is 127 Å². The molecule has 0 amide bonds. The second-order valence-corrected chi connectivity index (χ2v) is 6.90. The molecule has 1 saturated heterocycles. The smallest absolute Gasteiger partial charge is 0.126 e. The van der Waals surface area contributed by atoms with E-state index in [0.29, 0.717) is 6.04 Å². The van der Waals surface area contributed by atoms with Crippen LogP contribution < -0.4 is 10.6 Å². The first-order chi connectivity index (χ1) is 10.1. The van der Waals surface area contributed by atoms with Crippen LogP contribution in [0, 0.1) is 18.7 Å². The van der Waals surface area contributed by atoms with Gasteiger partial charge in [-0.3, -0.25) is 0 Å². The number of nitrogens with zero attached hydrogens (tertiary/aromatic N) is 1. The van der Waals surface area contributed by atoms with E-state index in [4.69, 9.17) is 5.73 Å². The molecule has 2 nitrogen and oxygen atoms in total. The van der Waals surface area contributed by atoms with Crippen molar-refractivity contribution < 1.29 is 4.39 Å². The van der Waals surface area contributed by atoms with Gasteiger partial charge in [0.15, 0.2) is 0 Å². The number of benzene rings is 1. The number of aryl methyl sites for hydroxylation is 1. The van der Waals surface area contributed by atoms with Gasteiger partial charge in [-0.25, -0.2) is 4.39 Å². The van der Waals surface area contributed by atoms with E-state index in [1.165, 1.54) is 44.2 Å². The first-order valence-electron chi connectivity index (χ1n) is 8.40. The van der Waals surface area contributed by atoms with Crippen LogP contribution in [0.1, 0.15) is 62.6 Å². The molecule has 2 atom stereocenters. The number of halogens is 1. The Morgan fingerprint density at radius 1 is 1.19 bits per heavy atom. The molecule has 3 rings (SSSR count). The molecule has 0 spiro atoms. The van der Waals surface area contributed by atoms with E-state index in [0.717, 1.165) is 23.6 Å². The molecule has 1 aromatic rings. The first-order valence-corrected chi connectivity index (χ1v) is 8.40. The van der Waals surface area contributed by atoms with Crippen molar-refractivity contribution in [1.29, 1.82) is 0 Å². The van der Waals surface area contributed by atoms with Crippen LogP contribution >= 0.6 is 0 Å². The summed E-state index contributed by atoms with van der Waals surface area (Å²) in [6.45, 7) is 4.89. The lowest BCUT2D eigenvalue weighted by Gasteiger charge is -2.34. The summed E-state index contributed by atoms with van der Waals surface area (Å²) in [7, 11) is 0. The number of hydrogen-bond acceptors (Lipinski definition) is 2. The molecule has 2 fully saturated rings. The fraction of sp³-hybridized carbons (Fsp3) is 0.667. The molecule has 1 aliphatic carbocycles. The highest BCUT2D eigenvalue weighted by molar-refractivity contribution is 5.58. The van der Waals surface area contributed by atoms with Crippen molar-refractivity contribution in [3.8, 4) is 0 Å². The third kappa shape index (κ3) is 2.80. The number of anilines is 1. The van der Waals surface area contributed by atoms with Gasteiger partial charge in [0, 0.05) is 24.3 Å². The van der Waals surface area contributed by atoms with Crippen molar-refractivity contribution in [1.82, 2.24) is 0 Å². The minimum absolute atomic E-state index is 0.125. The predicted molar refractivity (Wildman–Crippen MR) is 86.1 cm³/mol. The van der Waals surface area contributed by atoms with Crippen LogP contribution in [0.25, 0.3) is 0 Å². The van der Waals surface area contributed by atoms with Gasteiger partial charge in [0.05, 0.1) is 0 Å². The highest BCUT2D eigenvalue weighted by atomic mass is 19.1. The average Bonchev–Trinajstić information content (AvgIpc) is 3.09. The number of rotatable bonds is 3. The van der Waals surface area contributed by atoms with E-state index in [1.54, 1.807) is 6.07 Å². The Hall–Kier alpha value is -1.09. The summed E-state index contributed by atoms with van der Waals surface area (Å²) in [6, 6.07) is 4.18. The molecule has 0 aromatic heterocycles. The molecule has 1 aliphatic heterocycles. The zero-order valence-electron chi connectivity index (χ0n) is 13.2. The number of nitrogens with two attached hydrogens (primary N) is 1. The minimum atomic E-state index is -0.136. The second kappa shape index (κ2) is 5.96. The fourth-order valence-electron chi connectivity index (χ4n) is 4.22. The monoisotopic (exact) mass is 290 g/mol. The van der Waals surface area contributed by atoms with Crippen molar-refractivity contribution in [3.05, 3.63) is 29.1 Å².